The van der Waals surface area contributed by atoms with Gasteiger partial charge in [0.25, 0.3) is 17.7 Å². The van der Waals surface area contributed by atoms with Crippen LogP contribution in [0.3, 0.4) is 0 Å². The summed E-state index contributed by atoms with van der Waals surface area (Å²) >= 11 is 0. The fourth-order valence-electron chi connectivity index (χ4n) is 3.68. The molecule has 2 aliphatic rings. The molecule has 0 radical (unpaired) electrons. The lowest BCUT2D eigenvalue weighted by Gasteiger charge is -2.19. The van der Waals surface area contributed by atoms with Gasteiger partial charge in [-0.25, -0.2) is 0 Å². The first-order valence-corrected chi connectivity index (χ1v) is 9.01. The molecule has 0 bridgehead atoms. The second kappa shape index (κ2) is 6.87. The highest BCUT2D eigenvalue weighted by Gasteiger charge is 2.35. The van der Waals surface area contributed by atoms with Gasteiger partial charge in [0.05, 0.1) is 30.3 Å². The normalized spacial score (nSPS) is 16.0. The van der Waals surface area contributed by atoms with E-state index in [2.05, 4.69) is 0 Å². The van der Waals surface area contributed by atoms with E-state index < -0.39 is 0 Å². The number of carbonyl (C=O) groups excluding carboxylic acids is 3. The Balaban J connectivity index is 1.62. The zero-order valence-electron chi connectivity index (χ0n) is 15.1. The second-order valence-corrected chi connectivity index (χ2v) is 6.78. The Hall–Kier alpha value is -3.15. The van der Waals surface area contributed by atoms with E-state index in [1.165, 1.54) is 12.0 Å². The lowest BCUT2D eigenvalue weighted by Crippen LogP contribution is -2.30. The van der Waals surface area contributed by atoms with Crippen LogP contribution in [0.2, 0.25) is 0 Å². The number of fused-ring (bicyclic) bond motifs is 1. The van der Waals surface area contributed by atoms with E-state index in [0.717, 1.165) is 25.9 Å². The highest BCUT2D eigenvalue weighted by atomic mass is 16.5. The van der Waals surface area contributed by atoms with Crippen molar-refractivity contribution in [1.29, 1.82) is 0 Å². The summed E-state index contributed by atoms with van der Waals surface area (Å²) in [7, 11) is 1.53. The number of ether oxygens (including phenoxy) is 1. The Bertz CT molecular complexity index is 897. The molecule has 138 valence electrons. The highest BCUT2D eigenvalue weighted by molar-refractivity contribution is 6.21. The summed E-state index contributed by atoms with van der Waals surface area (Å²) in [4.78, 5) is 41.0. The summed E-state index contributed by atoms with van der Waals surface area (Å²) in [5.74, 6) is -0.191. The maximum atomic E-state index is 12.8. The van der Waals surface area contributed by atoms with Crippen molar-refractivity contribution in [3.05, 3.63) is 64.7 Å². The molecule has 0 aromatic heterocycles. The first kappa shape index (κ1) is 17.3. The number of likely N-dealkylation sites (tertiary alicyclic amines) is 1. The third-order valence-corrected chi connectivity index (χ3v) is 5.11. The van der Waals surface area contributed by atoms with Crippen molar-refractivity contribution in [3.8, 4) is 5.75 Å². The molecule has 4 rings (SSSR count). The van der Waals surface area contributed by atoms with E-state index >= 15 is 0 Å². The van der Waals surface area contributed by atoms with Gasteiger partial charge < -0.3 is 9.64 Å². The van der Waals surface area contributed by atoms with Crippen LogP contribution in [0.15, 0.2) is 42.5 Å². The molecule has 2 heterocycles. The van der Waals surface area contributed by atoms with Crippen molar-refractivity contribution in [2.75, 3.05) is 20.2 Å². The van der Waals surface area contributed by atoms with Gasteiger partial charge in [0.2, 0.25) is 0 Å². The molecule has 6 nitrogen and oxygen atoms in total. The molecular formula is C21H20N2O4. The number of hydrogen-bond donors (Lipinski definition) is 0. The third kappa shape index (κ3) is 2.97. The molecule has 2 aromatic carbocycles. The van der Waals surface area contributed by atoms with Crippen molar-refractivity contribution in [2.24, 2.45) is 0 Å². The van der Waals surface area contributed by atoms with Crippen LogP contribution in [0.1, 0.15) is 49.5 Å². The Morgan fingerprint density at radius 2 is 1.63 bits per heavy atom. The third-order valence-electron chi connectivity index (χ3n) is 5.11. The Morgan fingerprint density at radius 1 is 1.00 bits per heavy atom. The maximum Gasteiger partial charge on any atom is 0.261 e. The Morgan fingerprint density at radius 3 is 2.22 bits per heavy atom. The Labute approximate surface area is 157 Å². The second-order valence-electron chi connectivity index (χ2n) is 6.78. The van der Waals surface area contributed by atoms with Gasteiger partial charge in [-0.2, -0.15) is 0 Å². The molecule has 27 heavy (non-hydrogen) atoms. The molecule has 0 saturated carbocycles. The van der Waals surface area contributed by atoms with Crippen LogP contribution in [0.5, 0.6) is 5.75 Å². The minimum absolute atomic E-state index is 0.0754. The van der Waals surface area contributed by atoms with Crippen molar-refractivity contribution >= 4 is 17.7 Å². The molecular weight excluding hydrogens is 344 g/mol. The van der Waals surface area contributed by atoms with E-state index in [1.807, 2.05) is 4.90 Å². The first-order chi connectivity index (χ1) is 13.1. The van der Waals surface area contributed by atoms with Crippen molar-refractivity contribution < 1.29 is 19.1 Å². The van der Waals surface area contributed by atoms with Crippen molar-refractivity contribution in [3.63, 3.8) is 0 Å². The molecule has 3 amide bonds. The monoisotopic (exact) mass is 364 g/mol. The largest absolute Gasteiger partial charge is 0.496 e. The number of benzene rings is 2. The molecule has 0 N–H and O–H groups in total. The standard InChI is InChI=1S/C21H20N2O4/c1-27-18-9-8-14(12-17(18)19(24)22-10-4-5-11-22)13-23-20(25)15-6-2-3-7-16(15)21(23)26/h2-3,6-9,12H,4-5,10-11,13H2,1H3. The zero-order valence-corrected chi connectivity index (χ0v) is 15.1. The first-order valence-electron chi connectivity index (χ1n) is 9.01. The van der Waals surface area contributed by atoms with Crippen LogP contribution in [0, 0.1) is 0 Å². The molecule has 0 aliphatic carbocycles. The lowest BCUT2D eigenvalue weighted by molar-refractivity contribution is 0.0642. The van der Waals surface area contributed by atoms with Crippen molar-refractivity contribution in [1.82, 2.24) is 9.80 Å². The average molecular weight is 364 g/mol. The SMILES string of the molecule is COc1ccc(CN2C(=O)c3ccccc3C2=O)cc1C(=O)N1CCCC1. The molecule has 0 unspecified atom stereocenters. The number of amides is 3. The van der Waals surface area contributed by atoms with Gasteiger partial charge >= 0.3 is 0 Å². The molecule has 1 saturated heterocycles. The van der Waals surface area contributed by atoms with Crippen LogP contribution in [-0.2, 0) is 6.54 Å². The van der Waals surface area contributed by atoms with Crippen LogP contribution in [0.4, 0.5) is 0 Å². The van der Waals surface area contributed by atoms with E-state index in [4.69, 9.17) is 4.74 Å². The van der Waals surface area contributed by atoms with E-state index in [9.17, 15) is 14.4 Å². The minimum atomic E-state index is -0.307. The highest BCUT2D eigenvalue weighted by Crippen LogP contribution is 2.27. The van der Waals surface area contributed by atoms with Gasteiger partial charge in [-0.3, -0.25) is 19.3 Å². The predicted octanol–water partition coefficient (Wildman–Crippen LogP) is 2.73. The number of carbonyl (C=O) groups is 3. The van der Waals surface area contributed by atoms with E-state index in [0.29, 0.717) is 28.0 Å². The van der Waals surface area contributed by atoms with Crippen LogP contribution in [-0.4, -0.2) is 47.7 Å². The fraction of sp³-hybridized carbons (Fsp3) is 0.286. The molecule has 2 aliphatic heterocycles. The molecule has 0 spiro atoms. The Kier molecular flexibility index (Phi) is 4.39. The number of imide groups is 1. The molecule has 1 fully saturated rings. The van der Waals surface area contributed by atoms with Gasteiger partial charge in [-0.05, 0) is 42.7 Å². The summed E-state index contributed by atoms with van der Waals surface area (Å²) in [6.45, 7) is 1.60. The summed E-state index contributed by atoms with van der Waals surface area (Å²) in [5.41, 5.74) is 2.02. The number of nitrogens with zero attached hydrogens (tertiary/aromatic N) is 2. The molecule has 6 heteroatoms. The summed E-state index contributed by atoms with van der Waals surface area (Å²) in [5, 5.41) is 0. The van der Waals surface area contributed by atoms with Crippen molar-refractivity contribution in [2.45, 2.75) is 19.4 Å². The van der Waals surface area contributed by atoms with Gasteiger partial charge in [-0.15, -0.1) is 0 Å². The quantitative estimate of drug-likeness (QED) is 0.783. The topological polar surface area (TPSA) is 66.9 Å². The number of methoxy groups -OCH3 is 1. The average Bonchev–Trinajstić information content (AvgIpc) is 3.32. The smallest absolute Gasteiger partial charge is 0.261 e. The van der Waals surface area contributed by atoms with E-state index in [-0.39, 0.29) is 24.3 Å². The van der Waals surface area contributed by atoms with Gasteiger partial charge in [0, 0.05) is 13.1 Å². The van der Waals surface area contributed by atoms with Gasteiger partial charge in [0.1, 0.15) is 5.75 Å². The van der Waals surface area contributed by atoms with Crippen LogP contribution < -0.4 is 4.74 Å². The summed E-state index contributed by atoms with van der Waals surface area (Å²) < 4.78 is 5.35. The van der Waals surface area contributed by atoms with E-state index in [1.54, 1.807) is 42.5 Å². The zero-order chi connectivity index (χ0) is 19.0. The number of hydrogen-bond acceptors (Lipinski definition) is 4. The van der Waals surface area contributed by atoms with Crippen LogP contribution in [0.25, 0.3) is 0 Å². The number of rotatable bonds is 4. The maximum absolute atomic E-state index is 12.8. The van der Waals surface area contributed by atoms with Gasteiger partial charge in [-0.1, -0.05) is 18.2 Å². The van der Waals surface area contributed by atoms with Crippen LogP contribution >= 0.6 is 0 Å². The lowest BCUT2D eigenvalue weighted by atomic mass is 10.1. The molecule has 0 atom stereocenters. The predicted molar refractivity (Wildman–Crippen MR) is 98.8 cm³/mol. The summed E-state index contributed by atoms with van der Waals surface area (Å²) in [6.07, 6.45) is 2.01. The minimum Gasteiger partial charge on any atom is -0.496 e. The van der Waals surface area contributed by atoms with Gasteiger partial charge in [0.15, 0.2) is 0 Å². The fourth-order valence-corrected chi connectivity index (χ4v) is 3.68. The molecule has 2 aromatic rings. The summed E-state index contributed by atoms with van der Waals surface area (Å²) in [6, 6.07) is 12.0.